The van der Waals surface area contributed by atoms with Crippen molar-refractivity contribution >= 4 is 41.5 Å². The van der Waals surface area contributed by atoms with Crippen molar-refractivity contribution in [3.8, 4) is 0 Å². The predicted molar refractivity (Wildman–Crippen MR) is 69.2 cm³/mol. The second-order valence-electron chi connectivity index (χ2n) is 3.20. The van der Waals surface area contributed by atoms with Crippen molar-refractivity contribution in [2.45, 2.75) is 6.54 Å². The first kappa shape index (κ1) is 15.5. The van der Waals surface area contributed by atoms with Crippen LogP contribution in [-0.4, -0.2) is 24.4 Å². The second kappa shape index (κ2) is 6.97. The van der Waals surface area contributed by atoms with E-state index in [4.69, 9.17) is 28.9 Å². The van der Waals surface area contributed by atoms with Crippen LogP contribution in [0, 0.1) is 0 Å². The monoisotopic (exact) mass is 282 g/mol. The van der Waals surface area contributed by atoms with Crippen LogP contribution in [0.25, 0.3) is 0 Å². The van der Waals surface area contributed by atoms with Crippen molar-refractivity contribution in [2.24, 2.45) is 5.73 Å². The molecule has 0 saturated carbocycles. The van der Waals surface area contributed by atoms with Crippen LogP contribution >= 0.6 is 35.6 Å². The summed E-state index contributed by atoms with van der Waals surface area (Å²) in [7, 11) is 1.69. The molecular weight excluding hydrogens is 270 g/mol. The standard InChI is InChI=1S/C10H12Cl2N2O.ClH/c1-14(10(15)5-13)6-7-2-3-8(11)9(12)4-7;/h2-4H,5-6,13H2,1H3;1H. The number of rotatable bonds is 3. The number of amides is 1. The van der Waals surface area contributed by atoms with Gasteiger partial charge in [-0.2, -0.15) is 0 Å². The van der Waals surface area contributed by atoms with Crippen molar-refractivity contribution in [2.75, 3.05) is 13.6 Å². The Morgan fingerprint density at radius 3 is 2.50 bits per heavy atom. The molecule has 3 nitrogen and oxygen atoms in total. The Morgan fingerprint density at radius 2 is 2.00 bits per heavy atom. The smallest absolute Gasteiger partial charge is 0.236 e. The van der Waals surface area contributed by atoms with Crippen molar-refractivity contribution in [3.63, 3.8) is 0 Å². The number of carbonyl (C=O) groups is 1. The summed E-state index contributed by atoms with van der Waals surface area (Å²) >= 11 is 11.6. The maximum atomic E-state index is 11.2. The highest BCUT2D eigenvalue weighted by Crippen LogP contribution is 2.22. The fourth-order valence-electron chi connectivity index (χ4n) is 1.16. The number of benzene rings is 1. The van der Waals surface area contributed by atoms with Crippen LogP contribution in [0.4, 0.5) is 0 Å². The van der Waals surface area contributed by atoms with Gasteiger partial charge in [0.05, 0.1) is 16.6 Å². The van der Waals surface area contributed by atoms with E-state index in [1.807, 2.05) is 6.07 Å². The molecule has 16 heavy (non-hydrogen) atoms. The Hall–Kier alpha value is -0.480. The van der Waals surface area contributed by atoms with Crippen LogP contribution in [0.1, 0.15) is 5.56 Å². The third kappa shape index (κ3) is 4.18. The van der Waals surface area contributed by atoms with E-state index >= 15 is 0 Å². The number of halogens is 3. The normalized spacial score (nSPS) is 9.50. The zero-order valence-corrected chi connectivity index (χ0v) is 11.1. The van der Waals surface area contributed by atoms with Gasteiger partial charge in [-0.05, 0) is 17.7 Å². The van der Waals surface area contributed by atoms with Gasteiger partial charge in [0, 0.05) is 13.6 Å². The molecule has 0 aliphatic rings. The van der Waals surface area contributed by atoms with Crippen LogP contribution in [0.2, 0.25) is 10.0 Å². The molecule has 0 atom stereocenters. The number of hydrogen-bond acceptors (Lipinski definition) is 2. The van der Waals surface area contributed by atoms with E-state index in [9.17, 15) is 4.79 Å². The number of carbonyl (C=O) groups excluding carboxylic acids is 1. The number of nitrogens with zero attached hydrogens (tertiary/aromatic N) is 1. The Balaban J connectivity index is 0.00000225. The fourth-order valence-corrected chi connectivity index (χ4v) is 1.48. The molecule has 1 rings (SSSR count). The van der Waals surface area contributed by atoms with Gasteiger partial charge in [0.25, 0.3) is 0 Å². The van der Waals surface area contributed by atoms with E-state index in [1.165, 1.54) is 0 Å². The highest BCUT2D eigenvalue weighted by Gasteiger charge is 2.07. The molecule has 0 radical (unpaired) electrons. The van der Waals surface area contributed by atoms with Crippen molar-refractivity contribution in [1.29, 1.82) is 0 Å². The van der Waals surface area contributed by atoms with E-state index in [0.29, 0.717) is 16.6 Å². The number of likely N-dealkylation sites (N-methyl/N-ethyl adjacent to an activating group) is 1. The predicted octanol–water partition coefficient (Wildman–Crippen LogP) is 2.33. The lowest BCUT2D eigenvalue weighted by Gasteiger charge is -2.16. The maximum Gasteiger partial charge on any atom is 0.236 e. The zero-order chi connectivity index (χ0) is 11.4. The van der Waals surface area contributed by atoms with Crippen molar-refractivity contribution in [1.82, 2.24) is 4.90 Å². The van der Waals surface area contributed by atoms with Gasteiger partial charge in [-0.3, -0.25) is 4.79 Å². The van der Waals surface area contributed by atoms with Gasteiger partial charge >= 0.3 is 0 Å². The lowest BCUT2D eigenvalue weighted by Crippen LogP contribution is -2.32. The molecule has 0 spiro atoms. The summed E-state index contributed by atoms with van der Waals surface area (Å²) in [6, 6.07) is 5.28. The minimum Gasteiger partial charge on any atom is -0.340 e. The molecule has 6 heteroatoms. The first-order chi connectivity index (χ1) is 7.04. The fraction of sp³-hybridized carbons (Fsp3) is 0.300. The first-order valence-corrected chi connectivity index (χ1v) is 5.18. The van der Waals surface area contributed by atoms with E-state index in [-0.39, 0.29) is 24.9 Å². The molecule has 0 aliphatic carbocycles. The van der Waals surface area contributed by atoms with Gasteiger partial charge in [-0.25, -0.2) is 0 Å². The van der Waals surface area contributed by atoms with Gasteiger partial charge in [0.1, 0.15) is 0 Å². The Morgan fingerprint density at radius 1 is 1.38 bits per heavy atom. The first-order valence-electron chi connectivity index (χ1n) is 4.42. The molecule has 0 bridgehead atoms. The Kier molecular flexibility index (Phi) is 6.76. The van der Waals surface area contributed by atoms with Crippen LogP contribution in [-0.2, 0) is 11.3 Å². The number of hydrogen-bond donors (Lipinski definition) is 1. The van der Waals surface area contributed by atoms with Crippen LogP contribution < -0.4 is 5.73 Å². The van der Waals surface area contributed by atoms with Crippen molar-refractivity contribution < 1.29 is 4.79 Å². The zero-order valence-electron chi connectivity index (χ0n) is 8.74. The van der Waals surface area contributed by atoms with Crippen molar-refractivity contribution in [3.05, 3.63) is 33.8 Å². The van der Waals surface area contributed by atoms with Crippen LogP contribution in [0.15, 0.2) is 18.2 Å². The summed E-state index contributed by atoms with van der Waals surface area (Å²) in [5, 5.41) is 0.996. The van der Waals surface area contributed by atoms with Gasteiger partial charge in [-0.1, -0.05) is 29.3 Å². The molecule has 0 aromatic heterocycles. The van der Waals surface area contributed by atoms with E-state index < -0.39 is 0 Å². The van der Waals surface area contributed by atoms with Gasteiger partial charge in [0.2, 0.25) is 5.91 Å². The molecule has 0 fully saturated rings. The van der Waals surface area contributed by atoms with E-state index in [0.717, 1.165) is 5.56 Å². The summed E-state index contributed by atoms with van der Waals surface area (Å²) in [5.74, 6) is -0.110. The summed E-state index contributed by atoms with van der Waals surface area (Å²) in [5.41, 5.74) is 6.17. The second-order valence-corrected chi connectivity index (χ2v) is 4.02. The SMILES string of the molecule is CN(Cc1ccc(Cl)c(Cl)c1)C(=O)CN.Cl. The third-order valence-electron chi connectivity index (χ3n) is 2.00. The minimum absolute atomic E-state index is 0. The van der Waals surface area contributed by atoms with E-state index in [2.05, 4.69) is 0 Å². The molecule has 1 aromatic carbocycles. The van der Waals surface area contributed by atoms with E-state index in [1.54, 1.807) is 24.1 Å². The highest BCUT2D eigenvalue weighted by molar-refractivity contribution is 6.42. The lowest BCUT2D eigenvalue weighted by atomic mass is 10.2. The maximum absolute atomic E-state index is 11.2. The van der Waals surface area contributed by atoms with Gasteiger partial charge in [0.15, 0.2) is 0 Å². The average molecular weight is 284 g/mol. The van der Waals surface area contributed by atoms with Gasteiger partial charge < -0.3 is 10.6 Å². The molecule has 1 amide bonds. The Labute approximate surface area is 111 Å². The molecule has 0 unspecified atom stereocenters. The molecular formula is C10H13Cl3N2O. The molecule has 0 heterocycles. The minimum atomic E-state index is -0.110. The molecule has 1 aromatic rings. The largest absolute Gasteiger partial charge is 0.340 e. The summed E-state index contributed by atoms with van der Waals surface area (Å²) in [6.45, 7) is 0.491. The number of nitrogens with two attached hydrogens (primary N) is 1. The quantitative estimate of drug-likeness (QED) is 0.925. The molecule has 90 valence electrons. The lowest BCUT2D eigenvalue weighted by molar-refractivity contribution is -0.128. The molecule has 0 aliphatic heterocycles. The summed E-state index contributed by atoms with van der Waals surface area (Å²) in [6.07, 6.45) is 0. The van der Waals surface area contributed by atoms with Gasteiger partial charge in [-0.15, -0.1) is 12.4 Å². The molecule has 0 saturated heterocycles. The Bertz CT molecular complexity index is 371. The van der Waals surface area contributed by atoms with Crippen LogP contribution in [0.3, 0.4) is 0 Å². The average Bonchev–Trinajstić information content (AvgIpc) is 2.22. The topological polar surface area (TPSA) is 46.3 Å². The highest BCUT2D eigenvalue weighted by atomic mass is 35.5. The molecule has 2 N–H and O–H groups in total. The third-order valence-corrected chi connectivity index (χ3v) is 2.74. The summed E-state index contributed by atoms with van der Waals surface area (Å²) < 4.78 is 0. The summed E-state index contributed by atoms with van der Waals surface area (Å²) in [4.78, 5) is 12.8. The van der Waals surface area contributed by atoms with Crippen LogP contribution in [0.5, 0.6) is 0 Å².